The van der Waals surface area contributed by atoms with Gasteiger partial charge in [-0.3, -0.25) is 0 Å². The fourth-order valence-corrected chi connectivity index (χ4v) is 4.40. The Morgan fingerprint density at radius 3 is 1.85 bits per heavy atom. The maximum atomic E-state index is 12.7. The molecule has 0 N–H and O–H groups in total. The molecule has 5 nitrogen and oxygen atoms in total. The first-order chi connectivity index (χ1) is 19.6. The van der Waals surface area contributed by atoms with Gasteiger partial charge in [-0.05, 0) is 85.8 Å². The number of unbranched alkanes of at least 4 members (excludes halogenated alkanes) is 6. The Morgan fingerprint density at radius 1 is 0.625 bits per heavy atom. The van der Waals surface area contributed by atoms with Gasteiger partial charge in [0.25, 0.3) is 0 Å². The molecule has 0 aliphatic rings. The van der Waals surface area contributed by atoms with E-state index in [1.807, 2.05) is 48.5 Å². The molecule has 1 atom stereocenters. The highest BCUT2D eigenvalue weighted by Crippen LogP contribution is 2.24. The third kappa shape index (κ3) is 11.4. The van der Waals surface area contributed by atoms with Crippen LogP contribution in [0.2, 0.25) is 0 Å². The van der Waals surface area contributed by atoms with E-state index in [1.165, 1.54) is 44.9 Å². The average Bonchev–Trinajstić information content (AvgIpc) is 2.98. The average molecular weight is 547 g/mol. The highest BCUT2D eigenvalue weighted by Gasteiger charge is 2.10. The number of rotatable bonds is 19. The quantitative estimate of drug-likeness (QED) is 0.0852. The summed E-state index contributed by atoms with van der Waals surface area (Å²) in [6.07, 6.45) is 11.0. The van der Waals surface area contributed by atoms with Crippen LogP contribution in [0.25, 0.3) is 11.1 Å². The monoisotopic (exact) mass is 546 g/mol. The largest absolute Gasteiger partial charge is 0.491 e. The first-order valence-electron chi connectivity index (χ1n) is 15.0. The summed E-state index contributed by atoms with van der Waals surface area (Å²) in [7, 11) is 0. The number of carbonyl (C=O) groups excluding carboxylic acids is 1. The fraction of sp³-hybridized carbons (Fsp3) is 0.457. The van der Waals surface area contributed by atoms with E-state index >= 15 is 0 Å². The smallest absolute Gasteiger partial charge is 0.343 e. The van der Waals surface area contributed by atoms with Crippen LogP contribution in [0.1, 0.15) is 88.9 Å². The molecular formula is C35H46O5. The van der Waals surface area contributed by atoms with Crippen LogP contribution in [-0.4, -0.2) is 31.9 Å². The maximum absolute atomic E-state index is 12.7. The van der Waals surface area contributed by atoms with Crippen molar-refractivity contribution in [3.8, 4) is 28.4 Å². The lowest BCUT2D eigenvalue weighted by atomic mass is 10.0. The summed E-state index contributed by atoms with van der Waals surface area (Å²) in [5.74, 6) is 1.71. The predicted octanol–water partition coefficient (Wildman–Crippen LogP) is 9.29. The molecule has 0 aliphatic carbocycles. The molecule has 0 heterocycles. The van der Waals surface area contributed by atoms with Crippen LogP contribution in [0, 0.1) is 0 Å². The molecule has 0 bridgehead atoms. The normalized spacial score (nSPS) is 11.7. The van der Waals surface area contributed by atoms with Gasteiger partial charge in [-0.1, -0.05) is 76.6 Å². The van der Waals surface area contributed by atoms with Crippen molar-refractivity contribution in [3.63, 3.8) is 0 Å². The van der Waals surface area contributed by atoms with Crippen molar-refractivity contribution in [2.45, 2.75) is 84.7 Å². The Balaban J connectivity index is 1.41. The summed E-state index contributed by atoms with van der Waals surface area (Å²) in [4.78, 5) is 12.7. The zero-order valence-electron chi connectivity index (χ0n) is 24.5. The minimum absolute atomic E-state index is 0.164. The van der Waals surface area contributed by atoms with E-state index in [0.717, 1.165) is 42.1 Å². The first-order valence-corrected chi connectivity index (χ1v) is 15.0. The Labute approximate surface area is 240 Å². The minimum Gasteiger partial charge on any atom is -0.491 e. The number of carbonyl (C=O) groups is 1. The number of benzene rings is 3. The van der Waals surface area contributed by atoms with Gasteiger partial charge in [0, 0.05) is 6.61 Å². The molecule has 216 valence electrons. The summed E-state index contributed by atoms with van der Waals surface area (Å²) in [5, 5.41) is 0. The molecule has 0 aliphatic heterocycles. The topological polar surface area (TPSA) is 54.0 Å². The molecule has 0 radical (unpaired) electrons. The fourth-order valence-electron chi connectivity index (χ4n) is 4.40. The highest BCUT2D eigenvalue weighted by atomic mass is 16.5. The molecule has 3 aromatic carbocycles. The van der Waals surface area contributed by atoms with Crippen molar-refractivity contribution in [2.75, 3.05) is 19.8 Å². The molecule has 3 rings (SSSR count). The first kappa shape index (κ1) is 31.2. The summed E-state index contributed by atoms with van der Waals surface area (Å²) >= 11 is 0. The second-order valence-corrected chi connectivity index (χ2v) is 10.3. The van der Waals surface area contributed by atoms with Gasteiger partial charge in [0.1, 0.15) is 23.9 Å². The van der Waals surface area contributed by atoms with Crippen LogP contribution < -0.4 is 14.2 Å². The number of hydrogen-bond donors (Lipinski definition) is 0. The molecule has 0 aromatic heterocycles. The second-order valence-electron chi connectivity index (χ2n) is 10.3. The van der Waals surface area contributed by atoms with Crippen LogP contribution in [0.3, 0.4) is 0 Å². The lowest BCUT2D eigenvalue weighted by Gasteiger charge is -2.15. The van der Waals surface area contributed by atoms with Crippen LogP contribution in [0.15, 0.2) is 72.8 Å². The van der Waals surface area contributed by atoms with Crippen LogP contribution in [0.5, 0.6) is 17.2 Å². The Morgan fingerprint density at radius 2 is 1.20 bits per heavy atom. The predicted molar refractivity (Wildman–Crippen MR) is 163 cm³/mol. The molecule has 0 spiro atoms. The summed E-state index contributed by atoms with van der Waals surface area (Å²) in [5.41, 5.74) is 2.57. The number of hydrogen-bond acceptors (Lipinski definition) is 5. The van der Waals surface area contributed by atoms with Crippen LogP contribution >= 0.6 is 0 Å². The zero-order chi connectivity index (χ0) is 28.4. The van der Waals surface area contributed by atoms with Gasteiger partial charge in [0.05, 0.1) is 18.3 Å². The van der Waals surface area contributed by atoms with Crippen molar-refractivity contribution in [1.82, 2.24) is 0 Å². The Hall–Kier alpha value is -3.31. The molecule has 1 unspecified atom stereocenters. The Bertz CT molecular complexity index is 1090. The van der Waals surface area contributed by atoms with Gasteiger partial charge in [-0.15, -0.1) is 0 Å². The summed E-state index contributed by atoms with van der Waals surface area (Å²) < 4.78 is 23.0. The third-order valence-electron chi connectivity index (χ3n) is 6.78. The minimum atomic E-state index is -0.388. The third-order valence-corrected chi connectivity index (χ3v) is 6.78. The summed E-state index contributed by atoms with van der Waals surface area (Å²) in [6.45, 7) is 8.46. The molecular weight excluding hydrogens is 500 g/mol. The lowest BCUT2D eigenvalue weighted by Crippen LogP contribution is -2.11. The lowest BCUT2D eigenvalue weighted by molar-refractivity contribution is 0.0734. The molecule has 40 heavy (non-hydrogen) atoms. The molecule has 3 aromatic rings. The van der Waals surface area contributed by atoms with E-state index in [-0.39, 0.29) is 12.1 Å². The summed E-state index contributed by atoms with van der Waals surface area (Å²) in [6, 6.07) is 22.6. The molecule has 0 amide bonds. The maximum Gasteiger partial charge on any atom is 0.343 e. The van der Waals surface area contributed by atoms with Crippen molar-refractivity contribution >= 4 is 5.97 Å². The van der Waals surface area contributed by atoms with E-state index in [4.69, 9.17) is 18.9 Å². The van der Waals surface area contributed by atoms with Crippen molar-refractivity contribution in [1.29, 1.82) is 0 Å². The van der Waals surface area contributed by atoms with Gasteiger partial charge in [-0.25, -0.2) is 4.79 Å². The Kier molecular flexibility index (Phi) is 14.1. The molecule has 0 fully saturated rings. The van der Waals surface area contributed by atoms with Gasteiger partial charge in [0.15, 0.2) is 0 Å². The van der Waals surface area contributed by atoms with Crippen molar-refractivity contribution in [3.05, 3.63) is 78.4 Å². The highest BCUT2D eigenvalue weighted by molar-refractivity contribution is 5.91. The van der Waals surface area contributed by atoms with Gasteiger partial charge in [0.2, 0.25) is 0 Å². The van der Waals surface area contributed by atoms with Crippen LogP contribution in [0.4, 0.5) is 0 Å². The van der Waals surface area contributed by atoms with E-state index in [1.54, 1.807) is 24.3 Å². The SMILES string of the molecule is CCCCCCOCCOc1ccc(-c2ccc(C(=O)Oc3ccc(OC(C)CCCCCC)cc3)cc2)cc1. The zero-order valence-corrected chi connectivity index (χ0v) is 24.5. The van der Waals surface area contributed by atoms with Gasteiger partial charge >= 0.3 is 5.97 Å². The standard InChI is InChI=1S/C35H46O5/c1-4-6-8-10-12-28(3)39-33-21-23-34(24-22-33)40-35(36)31-15-13-29(14-16-31)30-17-19-32(20-18-30)38-27-26-37-25-11-9-7-5-2/h13-24,28H,4-12,25-27H2,1-3H3. The molecule has 0 saturated heterocycles. The number of esters is 1. The molecule has 5 heteroatoms. The van der Waals surface area contributed by atoms with E-state index in [0.29, 0.717) is 24.5 Å². The van der Waals surface area contributed by atoms with Gasteiger partial charge < -0.3 is 18.9 Å². The van der Waals surface area contributed by atoms with Crippen molar-refractivity contribution in [2.24, 2.45) is 0 Å². The van der Waals surface area contributed by atoms with E-state index < -0.39 is 0 Å². The number of ether oxygens (including phenoxy) is 4. The van der Waals surface area contributed by atoms with Gasteiger partial charge in [-0.2, -0.15) is 0 Å². The van der Waals surface area contributed by atoms with Crippen molar-refractivity contribution < 1.29 is 23.7 Å². The molecule has 0 saturated carbocycles. The van der Waals surface area contributed by atoms with E-state index in [2.05, 4.69) is 20.8 Å². The van der Waals surface area contributed by atoms with E-state index in [9.17, 15) is 4.79 Å². The second kappa shape index (κ2) is 18.1. The van der Waals surface area contributed by atoms with Crippen LogP contribution in [-0.2, 0) is 4.74 Å².